The maximum Gasteiger partial charge on any atom is 0.120 e. The number of rotatable bonds is 9. The van der Waals surface area contributed by atoms with Crippen molar-refractivity contribution in [3.05, 3.63) is 71.5 Å². The topological polar surface area (TPSA) is 25.4 Å². The zero-order valence-electron chi connectivity index (χ0n) is 16.7. The van der Waals surface area contributed by atoms with E-state index in [9.17, 15) is 0 Å². The molecule has 0 unspecified atom stereocenters. The molecule has 0 spiro atoms. The van der Waals surface area contributed by atoms with E-state index in [1.165, 1.54) is 34.7 Å². The fourth-order valence-corrected chi connectivity index (χ4v) is 3.18. The Morgan fingerprint density at radius 2 is 1.74 bits per heavy atom. The summed E-state index contributed by atoms with van der Waals surface area (Å²) in [6.45, 7) is 3.83. The maximum atomic E-state index is 5.91. The third-order valence-electron chi connectivity index (χ3n) is 4.84. The summed E-state index contributed by atoms with van der Waals surface area (Å²) in [7, 11) is 4.11. The number of benzene rings is 2. The molecule has 1 heterocycles. The van der Waals surface area contributed by atoms with Crippen molar-refractivity contribution in [3.63, 3.8) is 0 Å². The van der Waals surface area contributed by atoms with Crippen LogP contribution in [-0.4, -0.2) is 37.1 Å². The van der Waals surface area contributed by atoms with E-state index in [2.05, 4.69) is 73.4 Å². The maximum absolute atomic E-state index is 5.91. The van der Waals surface area contributed by atoms with Gasteiger partial charge in [-0.2, -0.15) is 0 Å². The smallest absolute Gasteiger partial charge is 0.120 e. The van der Waals surface area contributed by atoms with Gasteiger partial charge in [0.25, 0.3) is 0 Å². The Bertz CT molecular complexity index is 856. The van der Waals surface area contributed by atoms with Crippen LogP contribution in [0.5, 0.6) is 5.75 Å². The van der Waals surface area contributed by atoms with Crippen molar-refractivity contribution >= 4 is 10.8 Å². The van der Waals surface area contributed by atoms with Crippen molar-refractivity contribution in [1.82, 2.24) is 9.88 Å². The summed E-state index contributed by atoms with van der Waals surface area (Å²) in [5.41, 5.74) is 3.82. The molecule has 0 radical (unpaired) electrons. The van der Waals surface area contributed by atoms with Crippen LogP contribution in [0.25, 0.3) is 10.8 Å². The molecule has 0 aliphatic heterocycles. The average molecular weight is 363 g/mol. The van der Waals surface area contributed by atoms with Crippen LogP contribution in [0.3, 0.4) is 0 Å². The van der Waals surface area contributed by atoms with Crippen molar-refractivity contribution in [2.75, 3.05) is 27.2 Å². The lowest BCUT2D eigenvalue weighted by Crippen LogP contribution is -2.19. The van der Waals surface area contributed by atoms with Crippen LogP contribution in [0, 0.1) is 0 Å². The summed E-state index contributed by atoms with van der Waals surface area (Å²) < 4.78 is 5.91. The minimum Gasteiger partial charge on any atom is -0.492 e. The second-order valence-electron chi connectivity index (χ2n) is 7.39. The largest absolute Gasteiger partial charge is 0.492 e. The number of ether oxygens (including phenoxy) is 1. The van der Waals surface area contributed by atoms with Crippen LogP contribution < -0.4 is 4.74 Å². The van der Waals surface area contributed by atoms with Gasteiger partial charge in [0.2, 0.25) is 0 Å². The highest BCUT2D eigenvalue weighted by Crippen LogP contribution is 2.25. The fourth-order valence-electron chi connectivity index (χ4n) is 3.18. The molecule has 3 aromatic rings. The molecule has 142 valence electrons. The number of pyridine rings is 1. The molecule has 0 fully saturated rings. The van der Waals surface area contributed by atoms with Gasteiger partial charge in [-0.25, -0.2) is 0 Å². The highest BCUT2D eigenvalue weighted by molar-refractivity contribution is 5.86. The van der Waals surface area contributed by atoms with Crippen molar-refractivity contribution in [2.24, 2.45) is 0 Å². The molecule has 0 saturated carbocycles. The third-order valence-corrected chi connectivity index (χ3v) is 4.84. The molecule has 3 heteroatoms. The highest BCUT2D eigenvalue weighted by Gasteiger charge is 2.06. The van der Waals surface area contributed by atoms with Gasteiger partial charge in [-0.3, -0.25) is 4.98 Å². The lowest BCUT2D eigenvalue weighted by Gasteiger charge is -2.12. The van der Waals surface area contributed by atoms with Gasteiger partial charge in [-0.15, -0.1) is 0 Å². The Hall–Kier alpha value is -2.39. The third kappa shape index (κ3) is 5.54. The number of likely N-dealkylation sites (N-methyl/N-ethyl adjacent to an activating group) is 1. The summed E-state index contributed by atoms with van der Waals surface area (Å²) in [4.78, 5) is 6.78. The van der Waals surface area contributed by atoms with Crippen LogP contribution in [-0.2, 0) is 12.8 Å². The van der Waals surface area contributed by atoms with Crippen LogP contribution in [0.2, 0.25) is 0 Å². The minimum absolute atomic E-state index is 0.688. The van der Waals surface area contributed by atoms with E-state index in [1.807, 2.05) is 12.3 Å². The zero-order valence-corrected chi connectivity index (χ0v) is 16.7. The molecule has 1 aromatic heterocycles. The highest BCUT2D eigenvalue weighted by atomic mass is 16.5. The van der Waals surface area contributed by atoms with E-state index in [0.717, 1.165) is 30.8 Å². The van der Waals surface area contributed by atoms with E-state index in [-0.39, 0.29) is 0 Å². The predicted molar refractivity (Wildman–Crippen MR) is 114 cm³/mol. The number of aryl methyl sites for hydroxylation is 1. The number of hydrogen-bond acceptors (Lipinski definition) is 3. The van der Waals surface area contributed by atoms with E-state index < -0.39 is 0 Å². The van der Waals surface area contributed by atoms with Crippen LogP contribution in [0.4, 0.5) is 0 Å². The number of fused-ring (bicyclic) bond motifs is 1. The Balaban J connectivity index is 1.77. The normalized spacial score (nSPS) is 11.3. The molecule has 2 aromatic carbocycles. The first-order chi connectivity index (χ1) is 13.2. The SMILES string of the molecule is CCCCc1ccc(Cc2nccc3ccc(OCCN(C)C)cc23)cc1. The number of unbranched alkanes of at least 4 members (excludes halogenated alkanes) is 1. The first-order valence-corrected chi connectivity index (χ1v) is 9.88. The standard InChI is InChI=1S/C24H30N2O/c1-4-5-6-19-7-9-20(10-8-19)17-24-23-18-22(27-16-15-26(2)3)12-11-21(23)13-14-25-24/h7-14,18H,4-6,15-17H2,1-3H3. The van der Waals surface area contributed by atoms with Crippen molar-refractivity contribution in [2.45, 2.75) is 32.6 Å². The van der Waals surface area contributed by atoms with Crippen molar-refractivity contribution < 1.29 is 4.74 Å². The average Bonchev–Trinajstić information content (AvgIpc) is 2.67. The van der Waals surface area contributed by atoms with Gasteiger partial charge in [-0.05, 0) is 61.6 Å². The lowest BCUT2D eigenvalue weighted by molar-refractivity contribution is 0.261. The molecule has 0 saturated heterocycles. The molecule has 27 heavy (non-hydrogen) atoms. The van der Waals surface area contributed by atoms with Crippen LogP contribution in [0.1, 0.15) is 36.6 Å². The van der Waals surface area contributed by atoms with Crippen molar-refractivity contribution in [3.8, 4) is 5.75 Å². The van der Waals surface area contributed by atoms with Gasteiger partial charge in [0.05, 0.1) is 5.69 Å². The van der Waals surface area contributed by atoms with Crippen molar-refractivity contribution in [1.29, 1.82) is 0 Å². The van der Waals surface area contributed by atoms with E-state index in [0.29, 0.717) is 6.61 Å². The second-order valence-corrected chi connectivity index (χ2v) is 7.39. The van der Waals surface area contributed by atoms with Gasteiger partial charge < -0.3 is 9.64 Å². The van der Waals surface area contributed by atoms with E-state index in [4.69, 9.17) is 4.74 Å². The molecular weight excluding hydrogens is 332 g/mol. The monoisotopic (exact) mass is 362 g/mol. The van der Waals surface area contributed by atoms with Crippen LogP contribution >= 0.6 is 0 Å². The molecule has 0 bridgehead atoms. The van der Waals surface area contributed by atoms with Crippen LogP contribution in [0.15, 0.2) is 54.7 Å². The molecule has 0 atom stereocenters. The molecule has 0 aliphatic carbocycles. The first-order valence-electron chi connectivity index (χ1n) is 9.88. The molecule has 0 N–H and O–H groups in total. The summed E-state index contributed by atoms with van der Waals surface area (Å²) in [6, 6.07) is 17.4. The van der Waals surface area contributed by atoms with Gasteiger partial charge in [0.15, 0.2) is 0 Å². The van der Waals surface area contributed by atoms with Gasteiger partial charge in [-0.1, -0.05) is 43.7 Å². The Morgan fingerprint density at radius 1 is 0.963 bits per heavy atom. The zero-order chi connectivity index (χ0) is 19.1. The second kappa shape index (κ2) is 9.52. The predicted octanol–water partition coefficient (Wildman–Crippen LogP) is 5.11. The Kier molecular flexibility index (Phi) is 6.83. The summed E-state index contributed by atoms with van der Waals surface area (Å²) in [5.74, 6) is 0.911. The summed E-state index contributed by atoms with van der Waals surface area (Å²) >= 11 is 0. The number of nitrogens with zero attached hydrogens (tertiary/aromatic N) is 2. The van der Waals surface area contributed by atoms with Gasteiger partial charge in [0.1, 0.15) is 12.4 Å². The minimum atomic E-state index is 0.688. The van der Waals surface area contributed by atoms with E-state index >= 15 is 0 Å². The fraction of sp³-hybridized carbons (Fsp3) is 0.375. The van der Waals surface area contributed by atoms with Gasteiger partial charge in [0, 0.05) is 24.5 Å². The summed E-state index contributed by atoms with van der Waals surface area (Å²) in [6.07, 6.45) is 6.39. The first kappa shape index (κ1) is 19.4. The molecule has 0 amide bonds. The number of aromatic nitrogens is 1. The molecule has 3 nitrogen and oxygen atoms in total. The Labute approximate surface area is 163 Å². The van der Waals surface area contributed by atoms with Gasteiger partial charge >= 0.3 is 0 Å². The summed E-state index contributed by atoms with van der Waals surface area (Å²) in [5, 5.41) is 2.38. The quantitative estimate of drug-likeness (QED) is 0.529. The number of hydrogen-bond donors (Lipinski definition) is 0. The molecular formula is C24H30N2O. The Morgan fingerprint density at radius 3 is 2.48 bits per heavy atom. The molecule has 3 rings (SSSR count). The lowest BCUT2D eigenvalue weighted by atomic mass is 10.0. The molecule has 0 aliphatic rings. The van der Waals surface area contributed by atoms with E-state index in [1.54, 1.807) is 0 Å².